The molecule has 0 fully saturated rings. The second-order valence-corrected chi connectivity index (χ2v) is 6.19. The molecule has 2 heterocycles. The van der Waals surface area contributed by atoms with E-state index in [9.17, 15) is 5.11 Å². The first kappa shape index (κ1) is 16.7. The Kier molecular flexibility index (Phi) is 4.73. The number of nitrogens with zero attached hydrogens (tertiary/aromatic N) is 3. The number of aromatic hydroxyl groups is 1. The van der Waals surface area contributed by atoms with E-state index in [1.165, 1.54) is 0 Å². The fourth-order valence-corrected chi connectivity index (χ4v) is 3.01. The van der Waals surface area contributed by atoms with Gasteiger partial charge in [0.1, 0.15) is 11.6 Å². The zero-order valence-electron chi connectivity index (χ0n) is 14.0. The molecule has 0 atom stereocenters. The fourth-order valence-electron chi connectivity index (χ4n) is 2.76. The van der Waals surface area contributed by atoms with Crippen LogP contribution in [-0.4, -0.2) is 26.2 Å². The Morgan fingerprint density at radius 2 is 2.04 bits per heavy atom. The molecule has 5 nitrogen and oxygen atoms in total. The molecule has 0 radical (unpaired) electrons. The third kappa shape index (κ3) is 3.23. The van der Waals surface area contributed by atoms with Crippen molar-refractivity contribution in [3.8, 4) is 5.75 Å². The van der Waals surface area contributed by atoms with Crippen molar-refractivity contribution >= 4 is 22.6 Å². The third-order valence-electron chi connectivity index (χ3n) is 3.97. The minimum Gasteiger partial charge on any atom is -0.508 e. The van der Waals surface area contributed by atoms with E-state index >= 15 is 0 Å². The predicted octanol–water partition coefficient (Wildman–Crippen LogP) is 3.99. The van der Waals surface area contributed by atoms with Crippen LogP contribution in [0.4, 0.5) is 0 Å². The van der Waals surface area contributed by atoms with E-state index in [-0.39, 0.29) is 5.75 Å². The van der Waals surface area contributed by atoms with Crippen molar-refractivity contribution in [3.63, 3.8) is 0 Å². The summed E-state index contributed by atoms with van der Waals surface area (Å²) in [4.78, 5) is 9.07. The monoisotopic (exact) mass is 345 g/mol. The number of imidazole rings is 1. The van der Waals surface area contributed by atoms with Gasteiger partial charge in [0, 0.05) is 18.9 Å². The molecule has 1 aromatic carbocycles. The van der Waals surface area contributed by atoms with Crippen LogP contribution in [0.3, 0.4) is 0 Å². The number of hydrogen-bond acceptors (Lipinski definition) is 4. The lowest BCUT2D eigenvalue weighted by Gasteiger charge is -2.10. The van der Waals surface area contributed by atoms with E-state index in [0.29, 0.717) is 24.8 Å². The SMILES string of the molecule is CCOCc1cnc(Cn2c(C)nc3c(C)cc(O)cc32)c(Cl)c1. The number of fused-ring (bicyclic) bond motifs is 1. The van der Waals surface area contributed by atoms with E-state index in [4.69, 9.17) is 16.3 Å². The molecule has 3 rings (SSSR count). The van der Waals surface area contributed by atoms with Gasteiger partial charge in [-0.05, 0) is 44.0 Å². The summed E-state index contributed by atoms with van der Waals surface area (Å²) in [5.74, 6) is 1.09. The number of aryl methyl sites for hydroxylation is 2. The molecule has 2 aromatic heterocycles. The summed E-state index contributed by atoms with van der Waals surface area (Å²) in [5, 5.41) is 10.5. The van der Waals surface area contributed by atoms with Crippen molar-refractivity contribution in [1.82, 2.24) is 14.5 Å². The molecule has 0 unspecified atom stereocenters. The molecule has 0 aliphatic carbocycles. The molecule has 0 spiro atoms. The molecular weight excluding hydrogens is 326 g/mol. The van der Waals surface area contributed by atoms with E-state index in [1.54, 1.807) is 18.3 Å². The second-order valence-electron chi connectivity index (χ2n) is 5.78. The van der Waals surface area contributed by atoms with Gasteiger partial charge >= 0.3 is 0 Å². The highest BCUT2D eigenvalue weighted by molar-refractivity contribution is 6.31. The highest BCUT2D eigenvalue weighted by Gasteiger charge is 2.13. The van der Waals surface area contributed by atoms with Gasteiger partial charge in [-0.1, -0.05) is 11.6 Å². The van der Waals surface area contributed by atoms with Gasteiger partial charge in [-0.25, -0.2) is 4.98 Å². The Morgan fingerprint density at radius 1 is 1.25 bits per heavy atom. The van der Waals surface area contributed by atoms with Gasteiger partial charge in [-0.2, -0.15) is 0 Å². The molecule has 24 heavy (non-hydrogen) atoms. The number of phenols is 1. The molecule has 0 amide bonds. The molecule has 0 bridgehead atoms. The number of hydrogen-bond donors (Lipinski definition) is 1. The summed E-state index contributed by atoms with van der Waals surface area (Å²) in [6.45, 7) is 7.49. The summed E-state index contributed by atoms with van der Waals surface area (Å²) in [5.41, 5.74) is 4.42. The van der Waals surface area contributed by atoms with E-state index in [1.807, 2.05) is 31.4 Å². The predicted molar refractivity (Wildman–Crippen MR) is 94.6 cm³/mol. The Labute approximate surface area is 145 Å². The van der Waals surface area contributed by atoms with Crippen LogP contribution in [0.1, 0.15) is 29.6 Å². The molecule has 3 aromatic rings. The lowest BCUT2D eigenvalue weighted by Crippen LogP contribution is -2.05. The van der Waals surface area contributed by atoms with Crippen molar-refractivity contribution in [1.29, 1.82) is 0 Å². The maximum atomic E-state index is 9.89. The summed E-state index contributed by atoms with van der Waals surface area (Å²) >= 11 is 6.39. The van der Waals surface area contributed by atoms with E-state index in [2.05, 4.69) is 9.97 Å². The summed E-state index contributed by atoms with van der Waals surface area (Å²) in [7, 11) is 0. The van der Waals surface area contributed by atoms with Gasteiger partial charge in [0.25, 0.3) is 0 Å². The van der Waals surface area contributed by atoms with E-state index < -0.39 is 0 Å². The van der Waals surface area contributed by atoms with Crippen LogP contribution in [0, 0.1) is 13.8 Å². The van der Waals surface area contributed by atoms with Crippen LogP contribution < -0.4 is 0 Å². The van der Waals surface area contributed by atoms with Crippen molar-refractivity contribution < 1.29 is 9.84 Å². The maximum Gasteiger partial charge on any atom is 0.118 e. The van der Waals surface area contributed by atoms with Gasteiger partial charge in [0.15, 0.2) is 0 Å². The average molecular weight is 346 g/mol. The minimum atomic E-state index is 0.229. The first-order valence-electron chi connectivity index (χ1n) is 7.87. The fraction of sp³-hybridized carbons (Fsp3) is 0.333. The number of ether oxygens (including phenoxy) is 1. The number of halogens is 1. The topological polar surface area (TPSA) is 60.2 Å². The van der Waals surface area contributed by atoms with Crippen LogP contribution in [-0.2, 0) is 17.9 Å². The Hall–Kier alpha value is -2.11. The zero-order valence-corrected chi connectivity index (χ0v) is 14.8. The number of benzene rings is 1. The van der Waals surface area contributed by atoms with Crippen LogP contribution in [0.25, 0.3) is 11.0 Å². The Balaban J connectivity index is 1.97. The molecule has 0 aliphatic heterocycles. The van der Waals surface area contributed by atoms with E-state index in [0.717, 1.165) is 33.7 Å². The Bertz CT molecular complexity index is 890. The average Bonchev–Trinajstić information content (AvgIpc) is 2.84. The van der Waals surface area contributed by atoms with Gasteiger partial charge in [-0.15, -0.1) is 0 Å². The highest BCUT2D eigenvalue weighted by Crippen LogP contribution is 2.26. The molecule has 0 aliphatic rings. The number of aromatic nitrogens is 3. The van der Waals surface area contributed by atoms with Crippen molar-refractivity contribution in [3.05, 3.63) is 52.1 Å². The molecule has 1 N–H and O–H groups in total. The molecule has 6 heteroatoms. The van der Waals surface area contributed by atoms with Crippen LogP contribution in [0.15, 0.2) is 24.4 Å². The van der Waals surface area contributed by atoms with Crippen LogP contribution in [0.5, 0.6) is 5.75 Å². The molecular formula is C18H20ClN3O2. The summed E-state index contributed by atoms with van der Waals surface area (Å²) < 4.78 is 7.39. The van der Waals surface area contributed by atoms with Gasteiger partial charge in [0.2, 0.25) is 0 Å². The normalized spacial score (nSPS) is 11.3. The maximum absolute atomic E-state index is 9.89. The van der Waals surface area contributed by atoms with Crippen molar-refractivity contribution in [2.24, 2.45) is 0 Å². The quantitative estimate of drug-likeness (QED) is 0.759. The minimum absolute atomic E-state index is 0.229. The molecule has 126 valence electrons. The number of phenolic OH excluding ortho intramolecular Hbond substituents is 1. The second kappa shape index (κ2) is 6.79. The van der Waals surface area contributed by atoms with Gasteiger partial charge < -0.3 is 14.4 Å². The van der Waals surface area contributed by atoms with Crippen LogP contribution >= 0.6 is 11.6 Å². The van der Waals surface area contributed by atoms with Crippen molar-refractivity contribution in [2.45, 2.75) is 33.9 Å². The number of pyridine rings is 1. The number of rotatable bonds is 5. The lowest BCUT2D eigenvalue weighted by atomic mass is 10.2. The summed E-state index contributed by atoms with van der Waals surface area (Å²) in [6.07, 6.45) is 1.79. The first-order chi connectivity index (χ1) is 11.5. The first-order valence-corrected chi connectivity index (χ1v) is 8.25. The Morgan fingerprint density at radius 3 is 2.75 bits per heavy atom. The highest BCUT2D eigenvalue weighted by atomic mass is 35.5. The van der Waals surface area contributed by atoms with Crippen molar-refractivity contribution in [2.75, 3.05) is 6.61 Å². The molecule has 0 saturated carbocycles. The van der Waals surface area contributed by atoms with Gasteiger partial charge in [0.05, 0.1) is 34.9 Å². The van der Waals surface area contributed by atoms with Gasteiger partial charge in [-0.3, -0.25) is 4.98 Å². The summed E-state index contributed by atoms with van der Waals surface area (Å²) in [6, 6.07) is 5.32. The largest absolute Gasteiger partial charge is 0.508 e. The lowest BCUT2D eigenvalue weighted by molar-refractivity contribution is 0.134. The standard InChI is InChI=1S/C18H20ClN3O2/c1-4-24-10-13-6-15(19)16(20-8-13)9-22-12(3)21-18-11(2)5-14(23)7-17(18)22/h5-8,23H,4,9-10H2,1-3H3. The third-order valence-corrected chi connectivity index (χ3v) is 4.30. The zero-order chi connectivity index (χ0) is 17.3. The van der Waals surface area contributed by atoms with Crippen LogP contribution in [0.2, 0.25) is 5.02 Å². The molecule has 0 saturated heterocycles. The smallest absolute Gasteiger partial charge is 0.118 e.